The molecular formula is C20H27N3O8. The van der Waals surface area contributed by atoms with Gasteiger partial charge in [-0.1, -0.05) is 24.3 Å². The maximum atomic E-state index is 10.4. The molecule has 11 heteroatoms. The lowest BCUT2D eigenvalue weighted by Crippen LogP contribution is -2.32. The Hall–Kier alpha value is -3.67. The quantitative estimate of drug-likeness (QED) is 0.281. The van der Waals surface area contributed by atoms with Crippen molar-refractivity contribution in [3.8, 4) is 11.5 Å². The summed E-state index contributed by atoms with van der Waals surface area (Å²) in [5.74, 6) is -2.69. The molecule has 170 valence electrons. The molecule has 31 heavy (non-hydrogen) atoms. The lowest BCUT2D eigenvalue weighted by molar-refractivity contribution is -0.139. The Morgan fingerprint density at radius 3 is 1.13 bits per heavy atom. The summed E-state index contributed by atoms with van der Waals surface area (Å²) in [5, 5.41) is 42.5. The van der Waals surface area contributed by atoms with Crippen LogP contribution in [0.15, 0.2) is 48.5 Å². The summed E-state index contributed by atoms with van der Waals surface area (Å²) in [4.78, 5) is 30.0. The zero-order chi connectivity index (χ0) is 24.0. The van der Waals surface area contributed by atoms with Crippen LogP contribution in [0.1, 0.15) is 11.1 Å². The Labute approximate surface area is 178 Å². The zero-order valence-electron chi connectivity index (χ0n) is 16.6. The number of hydrogen-bond donors (Lipinski definition) is 8. The van der Waals surface area contributed by atoms with Gasteiger partial charge in [0.2, 0.25) is 0 Å². The number of aromatic hydroxyl groups is 2. The summed E-state index contributed by atoms with van der Waals surface area (Å²) in [7, 11) is 0. The van der Waals surface area contributed by atoms with E-state index in [9.17, 15) is 14.4 Å². The molecule has 0 aromatic heterocycles. The van der Waals surface area contributed by atoms with Crippen molar-refractivity contribution in [2.45, 2.75) is 24.9 Å². The maximum absolute atomic E-state index is 10.4. The van der Waals surface area contributed by atoms with Crippen LogP contribution in [0.5, 0.6) is 11.5 Å². The molecule has 2 rings (SSSR count). The molecule has 0 aliphatic heterocycles. The van der Waals surface area contributed by atoms with Gasteiger partial charge in [0, 0.05) is 0 Å². The molecule has 0 aliphatic rings. The summed E-state index contributed by atoms with van der Waals surface area (Å²) >= 11 is 0. The number of carbonyl (C=O) groups is 3. The summed E-state index contributed by atoms with van der Waals surface area (Å²) in [6.45, 7) is -0.278. The third-order valence-electron chi connectivity index (χ3n) is 3.59. The van der Waals surface area contributed by atoms with Crippen LogP contribution in [0, 0.1) is 0 Å². The third-order valence-corrected chi connectivity index (χ3v) is 3.59. The number of hydrogen-bond acceptors (Lipinski definition) is 8. The molecule has 2 aromatic rings. The third kappa shape index (κ3) is 13.2. The highest BCUT2D eigenvalue weighted by molar-refractivity contribution is 5.74. The first-order valence-corrected chi connectivity index (χ1v) is 8.90. The van der Waals surface area contributed by atoms with Gasteiger partial charge in [-0.2, -0.15) is 0 Å². The molecule has 2 atom stereocenters. The molecule has 11 N–H and O–H groups in total. The van der Waals surface area contributed by atoms with E-state index < -0.39 is 30.0 Å². The van der Waals surface area contributed by atoms with Crippen LogP contribution in [0.3, 0.4) is 0 Å². The Kier molecular flexibility index (Phi) is 12.6. The van der Waals surface area contributed by atoms with Gasteiger partial charge < -0.3 is 42.7 Å². The van der Waals surface area contributed by atoms with E-state index in [0.717, 1.165) is 11.1 Å². The fourth-order valence-corrected chi connectivity index (χ4v) is 1.95. The molecule has 0 radical (unpaired) electrons. The van der Waals surface area contributed by atoms with Gasteiger partial charge >= 0.3 is 17.9 Å². The average molecular weight is 437 g/mol. The number of carboxylic acids is 3. The normalized spacial score (nSPS) is 11.6. The van der Waals surface area contributed by atoms with E-state index in [-0.39, 0.29) is 30.9 Å². The van der Waals surface area contributed by atoms with E-state index in [1.165, 1.54) is 24.3 Å². The van der Waals surface area contributed by atoms with Crippen LogP contribution < -0.4 is 17.2 Å². The van der Waals surface area contributed by atoms with Crippen LogP contribution in [0.2, 0.25) is 0 Å². The number of benzene rings is 2. The highest BCUT2D eigenvalue weighted by atomic mass is 16.4. The molecule has 0 saturated heterocycles. The van der Waals surface area contributed by atoms with E-state index >= 15 is 0 Å². The second-order valence-corrected chi connectivity index (χ2v) is 6.23. The van der Waals surface area contributed by atoms with Gasteiger partial charge in [-0.15, -0.1) is 0 Å². The standard InChI is InChI=1S/2C9H11NO3.C2H5NO2/c2*10-8(9(12)13)5-6-1-3-7(11)4-2-6;3-1-2(4)5/h2*1-4,8,11H,5,10H2,(H,12,13);1,3H2,(H,4,5). The number of phenols is 2. The number of rotatable bonds is 7. The number of phenolic OH excluding ortho intramolecular Hbond substituents is 2. The summed E-state index contributed by atoms with van der Waals surface area (Å²) in [6, 6.07) is 10.8. The van der Waals surface area contributed by atoms with Gasteiger partial charge in [0.15, 0.2) is 0 Å². The fraction of sp³-hybridized carbons (Fsp3) is 0.250. The lowest BCUT2D eigenvalue weighted by Gasteiger charge is -2.05. The van der Waals surface area contributed by atoms with Crippen LogP contribution in [0.25, 0.3) is 0 Å². The van der Waals surface area contributed by atoms with Crippen molar-refractivity contribution in [3.63, 3.8) is 0 Å². The molecular weight excluding hydrogens is 410 g/mol. The summed E-state index contributed by atoms with van der Waals surface area (Å²) < 4.78 is 0. The van der Waals surface area contributed by atoms with E-state index in [2.05, 4.69) is 5.73 Å². The smallest absolute Gasteiger partial charge is 0.320 e. The first kappa shape index (κ1) is 27.3. The molecule has 11 nitrogen and oxygen atoms in total. The van der Waals surface area contributed by atoms with Crippen molar-refractivity contribution in [1.82, 2.24) is 0 Å². The van der Waals surface area contributed by atoms with Gasteiger partial charge in [-0.05, 0) is 48.2 Å². The average Bonchev–Trinajstić information content (AvgIpc) is 2.72. The predicted molar refractivity (Wildman–Crippen MR) is 112 cm³/mol. The van der Waals surface area contributed by atoms with E-state index in [4.69, 9.17) is 37.0 Å². The Morgan fingerprint density at radius 1 is 0.677 bits per heavy atom. The second-order valence-electron chi connectivity index (χ2n) is 6.23. The first-order valence-electron chi connectivity index (χ1n) is 8.90. The van der Waals surface area contributed by atoms with E-state index in [1.54, 1.807) is 24.3 Å². The lowest BCUT2D eigenvalue weighted by atomic mass is 10.1. The topological polar surface area (TPSA) is 230 Å². The number of carboxylic acid groups (broad SMARTS) is 3. The number of nitrogens with two attached hydrogens (primary N) is 3. The highest BCUT2D eigenvalue weighted by Crippen LogP contribution is 2.11. The fourth-order valence-electron chi connectivity index (χ4n) is 1.95. The minimum atomic E-state index is -1.02. The van der Waals surface area contributed by atoms with Crippen molar-refractivity contribution in [1.29, 1.82) is 0 Å². The molecule has 0 heterocycles. The molecule has 0 fully saturated rings. The SMILES string of the molecule is NC(Cc1ccc(O)cc1)C(=O)O.NC(Cc1ccc(O)cc1)C(=O)O.NCC(=O)O. The largest absolute Gasteiger partial charge is 0.508 e. The van der Waals surface area contributed by atoms with Crippen molar-refractivity contribution in [3.05, 3.63) is 59.7 Å². The van der Waals surface area contributed by atoms with Gasteiger partial charge in [0.25, 0.3) is 0 Å². The molecule has 0 saturated carbocycles. The van der Waals surface area contributed by atoms with Crippen molar-refractivity contribution in [2.24, 2.45) is 17.2 Å². The summed E-state index contributed by atoms with van der Waals surface area (Å²) in [5.41, 5.74) is 16.8. The Morgan fingerprint density at radius 2 is 0.935 bits per heavy atom. The summed E-state index contributed by atoms with van der Waals surface area (Å²) in [6.07, 6.45) is 0.547. The minimum Gasteiger partial charge on any atom is -0.508 e. The minimum absolute atomic E-state index is 0.160. The van der Waals surface area contributed by atoms with Gasteiger partial charge in [-0.3, -0.25) is 14.4 Å². The molecule has 0 aliphatic carbocycles. The molecule has 0 amide bonds. The van der Waals surface area contributed by atoms with Gasteiger partial charge in [-0.25, -0.2) is 0 Å². The monoisotopic (exact) mass is 437 g/mol. The van der Waals surface area contributed by atoms with Gasteiger partial charge in [0.1, 0.15) is 23.6 Å². The van der Waals surface area contributed by atoms with Crippen LogP contribution in [-0.2, 0) is 27.2 Å². The molecule has 0 bridgehead atoms. The van der Waals surface area contributed by atoms with Crippen molar-refractivity contribution < 1.29 is 39.9 Å². The van der Waals surface area contributed by atoms with Crippen LogP contribution in [-0.4, -0.2) is 62.1 Å². The highest BCUT2D eigenvalue weighted by Gasteiger charge is 2.12. The predicted octanol–water partition coefficient (Wildman–Crippen LogP) is -0.277. The molecule has 2 aromatic carbocycles. The van der Waals surface area contributed by atoms with Crippen LogP contribution >= 0.6 is 0 Å². The maximum Gasteiger partial charge on any atom is 0.320 e. The van der Waals surface area contributed by atoms with Crippen LogP contribution in [0.4, 0.5) is 0 Å². The van der Waals surface area contributed by atoms with Crippen molar-refractivity contribution in [2.75, 3.05) is 6.54 Å². The molecule has 0 spiro atoms. The zero-order valence-corrected chi connectivity index (χ0v) is 16.6. The van der Waals surface area contributed by atoms with E-state index in [1.807, 2.05) is 0 Å². The van der Waals surface area contributed by atoms with Crippen molar-refractivity contribution >= 4 is 17.9 Å². The number of aliphatic carboxylic acids is 3. The van der Waals surface area contributed by atoms with Gasteiger partial charge in [0.05, 0.1) is 6.54 Å². The second kappa shape index (κ2) is 14.3. The molecule has 2 unspecified atom stereocenters. The van der Waals surface area contributed by atoms with E-state index in [0.29, 0.717) is 0 Å². The Balaban J connectivity index is 0.000000479. The first-order chi connectivity index (χ1) is 14.5. The Bertz CT molecular complexity index is 762.